The molecule has 3 saturated heterocycles. The van der Waals surface area contributed by atoms with Crippen LogP contribution in [-0.4, -0.2) is 116 Å². The van der Waals surface area contributed by atoms with Crippen molar-refractivity contribution >= 4 is 41.1 Å². The van der Waals surface area contributed by atoms with Crippen LogP contribution in [0.25, 0.3) is 0 Å². The van der Waals surface area contributed by atoms with Gasteiger partial charge in [-0.25, -0.2) is 4.79 Å². The number of carbonyl (C=O) groups is 3. The van der Waals surface area contributed by atoms with Gasteiger partial charge in [0.25, 0.3) is 5.91 Å². The first-order valence-electron chi connectivity index (χ1n) is 19.2. The molecular formula is C42H53Cl2N5O5. The van der Waals surface area contributed by atoms with Gasteiger partial charge < -0.3 is 29.5 Å². The highest BCUT2D eigenvalue weighted by atomic mass is 35.5. The second-order valence-electron chi connectivity index (χ2n) is 15.1. The summed E-state index contributed by atoms with van der Waals surface area (Å²) >= 11 is 13.0. The fourth-order valence-electron chi connectivity index (χ4n) is 8.17. The Bertz CT molecular complexity index is 1760. The zero-order valence-corrected chi connectivity index (χ0v) is 33.2. The molecule has 1 N–H and O–H groups in total. The summed E-state index contributed by atoms with van der Waals surface area (Å²) in [7, 11) is 0. The number of benzene rings is 3. The number of likely N-dealkylation sites (tertiary alicyclic amines) is 2. The maximum absolute atomic E-state index is 13.9. The number of urea groups is 1. The van der Waals surface area contributed by atoms with Crippen molar-refractivity contribution in [1.82, 2.24) is 24.9 Å². The van der Waals surface area contributed by atoms with E-state index in [0.717, 1.165) is 56.4 Å². The number of esters is 1. The van der Waals surface area contributed by atoms with Crippen LogP contribution in [0.2, 0.25) is 10.0 Å². The molecule has 12 heteroatoms. The molecule has 3 heterocycles. The molecule has 1 unspecified atom stereocenters. The minimum atomic E-state index is -0.497. The van der Waals surface area contributed by atoms with Crippen LogP contribution in [0.15, 0.2) is 72.8 Å². The minimum Gasteiger partial charge on any atom is -0.491 e. The van der Waals surface area contributed by atoms with Crippen LogP contribution in [0.5, 0.6) is 5.75 Å². The lowest BCUT2D eigenvalue weighted by atomic mass is 9.76. The van der Waals surface area contributed by atoms with Gasteiger partial charge in [-0.05, 0) is 94.5 Å². The predicted octanol–water partition coefficient (Wildman–Crippen LogP) is 6.84. The van der Waals surface area contributed by atoms with Crippen LogP contribution in [0.3, 0.4) is 0 Å². The summed E-state index contributed by atoms with van der Waals surface area (Å²) in [4.78, 5) is 48.0. The first-order chi connectivity index (χ1) is 26.0. The third kappa shape index (κ3) is 9.51. The van der Waals surface area contributed by atoms with Crippen molar-refractivity contribution in [2.24, 2.45) is 0 Å². The maximum atomic E-state index is 13.9. The zero-order chi connectivity index (χ0) is 38.3. The van der Waals surface area contributed by atoms with E-state index in [1.807, 2.05) is 83.1 Å². The van der Waals surface area contributed by atoms with E-state index in [2.05, 4.69) is 28.4 Å². The van der Waals surface area contributed by atoms with E-state index < -0.39 is 5.54 Å². The summed E-state index contributed by atoms with van der Waals surface area (Å²) < 4.78 is 11.0. The molecule has 3 aromatic rings. The average molecular weight is 779 g/mol. The largest absolute Gasteiger partial charge is 0.491 e. The third-order valence-electron chi connectivity index (χ3n) is 11.2. The SMILES string of the molecule is CCOC(=O)CN1CCN(C(=O)NC2(c3ccccc3)CCN(CCC3(c4ccc(Cl)c(Cl)c4)CCN(C(=O)c4cccc(OC(C)C)c4)C3)CC2)CC1. The lowest BCUT2D eigenvalue weighted by molar-refractivity contribution is -0.144. The van der Waals surface area contributed by atoms with Crippen molar-refractivity contribution < 1.29 is 23.9 Å². The van der Waals surface area contributed by atoms with Crippen LogP contribution in [0.4, 0.5) is 4.79 Å². The Labute approximate surface area is 329 Å². The number of nitrogens with zero attached hydrogens (tertiary/aromatic N) is 4. The topological polar surface area (TPSA) is 94.7 Å². The molecule has 3 aliphatic rings. The molecule has 0 radical (unpaired) electrons. The zero-order valence-electron chi connectivity index (χ0n) is 31.7. The van der Waals surface area contributed by atoms with E-state index in [1.165, 1.54) is 0 Å². The molecule has 10 nitrogen and oxygen atoms in total. The normalized spacial score (nSPS) is 20.6. The monoisotopic (exact) mass is 777 g/mol. The van der Waals surface area contributed by atoms with Gasteiger partial charge >= 0.3 is 12.0 Å². The number of hydrogen-bond acceptors (Lipinski definition) is 7. The molecule has 54 heavy (non-hydrogen) atoms. The predicted molar refractivity (Wildman–Crippen MR) is 212 cm³/mol. The van der Waals surface area contributed by atoms with E-state index in [-0.39, 0.29) is 36.0 Å². The molecule has 0 saturated carbocycles. The Morgan fingerprint density at radius 1 is 0.778 bits per heavy atom. The van der Waals surface area contributed by atoms with E-state index in [0.29, 0.717) is 67.2 Å². The molecule has 3 fully saturated rings. The summed E-state index contributed by atoms with van der Waals surface area (Å²) in [6.07, 6.45) is 3.20. The van der Waals surface area contributed by atoms with Gasteiger partial charge in [-0.3, -0.25) is 14.5 Å². The summed E-state index contributed by atoms with van der Waals surface area (Å²) in [5, 5.41) is 4.50. The number of nitrogens with one attached hydrogen (secondary N) is 1. The summed E-state index contributed by atoms with van der Waals surface area (Å²) in [6.45, 7) is 12.4. The van der Waals surface area contributed by atoms with Crippen LogP contribution >= 0.6 is 23.2 Å². The molecule has 3 aliphatic heterocycles. The number of amides is 3. The second-order valence-corrected chi connectivity index (χ2v) is 15.9. The highest BCUT2D eigenvalue weighted by Gasteiger charge is 2.44. The molecule has 3 aromatic carbocycles. The van der Waals surface area contributed by atoms with Crippen molar-refractivity contribution in [2.75, 3.05) is 72.1 Å². The quantitative estimate of drug-likeness (QED) is 0.202. The van der Waals surface area contributed by atoms with Crippen LogP contribution in [0, 0.1) is 0 Å². The molecule has 0 aromatic heterocycles. The van der Waals surface area contributed by atoms with Gasteiger partial charge in [0.15, 0.2) is 0 Å². The number of rotatable bonds is 12. The molecule has 0 aliphatic carbocycles. The Hall–Kier alpha value is -3.83. The van der Waals surface area contributed by atoms with Gasteiger partial charge in [0.1, 0.15) is 5.75 Å². The number of carbonyl (C=O) groups excluding carboxylic acids is 3. The molecule has 0 bridgehead atoms. The number of halogens is 2. The van der Waals surface area contributed by atoms with E-state index in [9.17, 15) is 14.4 Å². The second kappa shape index (κ2) is 17.8. The van der Waals surface area contributed by atoms with Crippen LogP contribution in [0.1, 0.15) is 67.9 Å². The van der Waals surface area contributed by atoms with Gasteiger partial charge in [-0.2, -0.15) is 0 Å². The summed E-state index contributed by atoms with van der Waals surface area (Å²) in [6, 6.07) is 23.6. The van der Waals surface area contributed by atoms with E-state index >= 15 is 0 Å². The number of hydrogen-bond donors (Lipinski definition) is 1. The number of piperazine rings is 1. The Morgan fingerprint density at radius 3 is 2.20 bits per heavy atom. The van der Waals surface area contributed by atoms with Crippen molar-refractivity contribution in [3.63, 3.8) is 0 Å². The first-order valence-corrected chi connectivity index (χ1v) is 20.0. The molecule has 1 atom stereocenters. The first kappa shape index (κ1) is 39.9. The minimum absolute atomic E-state index is 0.00656. The van der Waals surface area contributed by atoms with Crippen molar-refractivity contribution in [1.29, 1.82) is 0 Å². The summed E-state index contributed by atoms with van der Waals surface area (Å²) in [5.74, 6) is 0.449. The maximum Gasteiger partial charge on any atom is 0.320 e. The van der Waals surface area contributed by atoms with E-state index in [4.69, 9.17) is 32.7 Å². The van der Waals surface area contributed by atoms with Gasteiger partial charge in [0, 0.05) is 63.3 Å². The van der Waals surface area contributed by atoms with Crippen molar-refractivity contribution in [3.8, 4) is 5.75 Å². The molecule has 0 spiro atoms. The number of piperidine rings is 1. The Kier molecular flexibility index (Phi) is 13.1. The fraction of sp³-hybridized carbons (Fsp3) is 0.500. The van der Waals surface area contributed by atoms with E-state index in [1.54, 1.807) is 6.92 Å². The molecular weight excluding hydrogens is 725 g/mol. The standard InChI is InChI=1S/C42H53Cl2N5O5/c1-4-53-38(50)29-47-23-25-48(26-24-47)40(52)45-42(33-10-6-5-7-11-33)17-20-46(21-18-42)19-15-41(34-13-14-36(43)37(44)28-34)16-22-49(30-41)39(51)32-9-8-12-35(27-32)54-31(2)3/h5-14,27-28,31H,4,15-26,29-30H2,1-3H3,(H,45,52). The van der Waals surface area contributed by atoms with Crippen LogP contribution < -0.4 is 10.1 Å². The van der Waals surface area contributed by atoms with Gasteiger partial charge in [0.2, 0.25) is 0 Å². The smallest absolute Gasteiger partial charge is 0.320 e. The highest BCUT2D eigenvalue weighted by molar-refractivity contribution is 6.42. The summed E-state index contributed by atoms with van der Waals surface area (Å²) in [5.41, 5.74) is 2.02. The molecule has 290 valence electrons. The lowest BCUT2D eigenvalue weighted by Crippen LogP contribution is -2.59. The Morgan fingerprint density at radius 2 is 1.52 bits per heavy atom. The van der Waals surface area contributed by atoms with Crippen molar-refractivity contribution in [3.05, 3.63) is 99.5 Å². The fourth-order valence-corrected chi connectivity index (χ4v) is 8.47. The molecule has 6 rings (SSSR count). The van der Waals surface area contributed by atoms with Crippen molar-refractivity contribution in [2.45, 2.75) is 63.5 Å². The Balaban J connectivity index is 1.12. The molecule has 3 amide bonds. The van der Waals surface area contributed by atoms with Gasteiger partial charge in [-0.1, -0.05) is 65.7 Å². The van der Waals surface area contributed by atoms with Gasteiger partial charge in [-0.15, -0.1) is 0 Å². The third-order valence-corrected chi connectivity index (χ3v) is 12.0. The lowest BCUT2D eigenvalue weighted by Gasteiger charge is -2.45. The number of ether oxygens (including phenoxy) is 2. The average Bonchev–Trinajstić information content (AvgIpc) is 3.61. The highest BCUT2D eigenvalue weighted by Crippen LogP contribution is 2.42. The van der Waals surface area contributed by atoms with Crippen LogP contribution in [-0.2, 0) is 20.5 Å². The van der Waals surface area contributed by atoms with Gasteiger partial charge in [0.05, 0.1) is 34.8 Å².